The molecule has 7 heteroatoms. The molecule has 0 saturated carbocycles. The van der Waals surface area contributed by atoms with Gasteiger partial charge in [-0.1, -0.05) is 64.5 Å². The molecule has 1 amide bonds. The first-order valence-electron chi connectivity index (χ1n) is 11.9. The molecule has 5 rings (SSSR count). The third kappa shape index (κ3) is 5.32. The van der Waals surface area contributed by atoms with Crippen LogP contribution in [0.3, 0.4) is 0 Å². The van der Waals surface area contributed by atoms with Gasteiger partial charge in [0.05, 0.1) is 11.1 Å². The van der Waals surface area contributed by atoms with E-state index in [1.165, 1.54) is 5.56 Å². The number of rotatable bonds is 6. The minimum absolute atomic E-state index is 0.386. The predicted molar refractivity (Wildman–Crippen MR) is 144 cm³/mol. The van der Waals surface area contributed by atoms with Crippen LogP contribution in [0.1, 0.15) is 34.1 Å². The molecule has 6 nitrogen and oxygen atoms in total. The summed E-state index contributed by atoms with van der Waals surface area (Å²) >= 11 is 3.38. The number of hydrogen-bond acceptors (Lipinski definition) is 5. The molecule has 1 N–H and O–H groups in total. The lowest BCUT2D eigenvalue weighted by Crippen LogP contribution is -2.34. The third-order valence-electron chi connectivity index (χ3n) is 6.34. The summed E-state index contributed by atoms with van der Waals surface area (Å²) in [5.41, 5.74) is 4.90. The number of halogens is 1. The second-order valence-corrected chi connectivity index (χ2v) is 9.83. The molecule has 1 atom stereocenters. The van der Waals surface area contributed by atoms with Gasteiger partial charge in [-0.3, -0.25) is 14.7 Å². The molecular weight excluding hydrogens is 518 g/mol. The van der Waals surface area contributed by atoms with E-state index < -0.39 is 12.1 Å². The zero-order valence-electron chi connectivity index (χ0n) is 19.9. The molecule has 1 aliphatic heterocycles. The fraction of sp³-hybridized carbons (Fsp3) is 0.207. The van der Waals surface area contributed by atoms with Gasteiger partial charge in [0.2, 0.25) is 0 Å². The number of hydrogen-bond donors (Lipinski definition) is 1. The summed E-state index contributed by atoms with van der Waals surface area (Å²) in [5, 5.41) is 3.54. The van der Waals surface area contributed by atoms with Gasteiger partial charge < -0.3 is 10.1 Å². The van der Waals surface area contributed by atoms with Crippen LogP contribution in [-0.4, -0.2) is 34.4 Å². The Morgan fingerprint density at radius 1 is 1.03 bits per heavy atom. The van der Waals surface area contributed by atoms with E-state index in [-0.39, 0.29) is 5.91 Å². The van der Waals surface area contributed by atoms with E-state index in [2.05, 4.69) is 38.3 Å². The van der Waals surface area contributed by atoms with Crippen LogP contribution < -0.4 is 5.32 Å². The standard InChI is InChI=1S/C29H26BrN3O3/c1-19(28(34)31-22-13-11-21(30)12-14-22)36-29(35)27-23-9-5-6-10-25(23)32-26-15-16-33(18-24(26)27)17-20-7-3-2-4-8-20/h2-14,19H,15-18H2,1H3,(H,31,34). The molecule has 0 radical (unpaired) electrons. The van der Waals surface area contributed by atoms with Crippen LogP contribution in [0.15, 0.2) is 83.3 Å². The predicted octanol–water partition coefficient (Wildman–Crippen LogP) is 5.74. The summed E-state index contributed by atoms with van der Waals surface area (Å²) in [7, 11) is 0. The summed E-state index contributed by atoms with van der Waals surface area (Å²) in [6.07, 6.45) is -0.222. The van der Waals surface area contributed by atoms with Gasteiger partial charge in [-0.15, -0.1) is 0 Å². The molecule has 3 aromatic carbocycles. The Bertz CT molecular complexity index is 1410. The molecule has 0 fully saturated rings. The average molecular weight is 544 g/mol. The van der Waals surface area contributed by atoms with Crippen LogP contribution in [0, 0.1) is 0 Å². The number of ether oxygens (including phenoxy) is 1. The zero-order valence-corrected chi connectivity index (χ0v) is 21.5. The molecule has 36 heavy (non-hydrogen) atoms. The highest BCUT2D eigenvalue weighted by Crippen LogP contribution is 2.30. The number of carbonyl (C=O) groups excluding carboxylic acids is 2. The normalized spacial score (nSPS) is 14.2. The number of esters is 1. The summed E-state index contributed by atoms with van der Waals surface area (Å²) in [6.45, 7) is 3.82. The number of carbonyl (C=O) groups is 2. The fourth-order valence-electron chi connectivity index (χ4n) is 4.51. The smallest absolute Gasteiger partial charge is 0.339 e. The van der Waals surface area contributed by atoms with Crippen molar-refractivity contribution in [2.24, 2.45) is 0 Å². The number of pyridine rings is 1. The van der Waals surface area contributed by atoms with Crippen molar-refractivity contribution in [2.75, 3.05) is 11.9 Å². The van der Waals surface area contributed by atoms with Crippen molar-refractivity contribution in [3.05, 3.63) is 106 Å². The maximum atomic E-state index is 13.6. The summed E-state index contributed by atoms with van der Waals surface area (Å²) in [5.74, 6) is -0.895. The number of anilines is 1. The highest BCUT2D eigenvalue weighted by Gasteiger charge is 2.28. The van der Waals surface area contributed by atoms with Crippen molar-refractivity contribution in [1.29, 1.82) is 0 Å². The molecule has 1 aliphatic rings. The molecule has 0 spiro atoms. The van der Waals surface area contributed by atoms with Gasteiger partial charge >= 0.3 is 5.97 Å². The molecular formula is C29H26BrN3O3. The highest BCUT2D eigenvalue weighted by atomic mass is 79.9. The van der Waals surface area contributed by atoms with Gasteiger partial charge in [0.15, 0.2) is 6.10 Å². The van der Waals surface area contributed by atoms with Crippen molar-refractivity contribution < 1.29 is 14.3 Å². The van der Waals surface area contributed by atoms with Crippen molar-refractivity contribution in [3.8, 4) is 0 Å². The summed E-state index contributed by atoms with van der Waals surface area (Å²) < 4.78 is 6.63. The second-order valence-electron chi connectivity index (χ2n) is 8.92. The second kappa shape index (κ2) is 10.6. The fourth-order valence-corrected chi connectivity index (χ4v) is 4.77. The Labute approximate surface area is 218 Å². The molecule has 2 heterocycles. The SMILES string of the molecule is CC(OC(=O)c1c2c(nc3ccccc13)CCN(Cc1ccccc1)C2)C(=O)Nc1ccc(Br)cc1. The van der Waals surface area contributed by atoms with Crippen LogP contribution in [0.2, 0.25) is 0 Å². The Morgan fingerprint density at radius 3 is 2.53 bits per heavy atom. The Hall–Kier alpha value is -3.55. The Balaban J connectivity index is 1.40. The molecule has 0 saturated heterocycles. The number of nitrogens with one attached hydrogen (secondary N) is 1. The van der Waals surface area contributed by atoms with E-state index in [4.69, 9.17) is 9.72 Å². The number of aromatic nitrogens is 1. The zero-order chi connectivity index (χ0) is 25.1. The van der Waals surface area contributed by atoms with Crippen LogP contribution in [0.4, 0.5) is 5.69 Å². The van der Waals surface area contributed by atoms with Gasteiger partial charge in [0, 0.05) is 52.9 Å². The summed E-state index contributed by atoms with van der Waals surface area (Å²) in [6, 6.07) is 25.1. The molecule has 1 aromatic heterocycles. The summed E-state index contributed by atoms with van der Waals surface area (Å²) in [4.78, 5) is 33.5. The van der Waals surface area contributed by atoms with Gasteiger partial charge in [-0.2, -0.15) is 0 Å². The lowest BCUT2D eigenvalue weighted by molar-refractivity contribution is -0.123. The number of benzene rings is 3. The quantitative estimate of drug-likeness (QED) is 0.314. The lowest BCUT2D eigenvalue weighted by Gasteiger charge is -2.30. The van der Waals surface area contributed by atoms with Gasteiger partial charge in [0.25, 0.3) is 5.91 Å². The minimum Gasteiger partial charge on any atom is -0.449 e. The van der Waals surface area contributed by atoms with Crippen molar-refractivity contribution >= 4 is 44.4 Å². The first kappa shape index (κ1) is 24.2. The van der Waals surface area contributed by atoms with E-state index in [0.29, 0.717) is 17.8 Å². The molecule has 1 unspecified atom stereocenters. The monoisotopic (exact) mass is 543 g/mol. The number of fused-ring (bicyclic) bond motifs is 2. The molecule has 0 aliphatic carbocycles. The van der Waals surface area contributed by atoms with E-state index in [0.717, 1.165) is 46.1 Å². The van der Waals surface area contributed by atoms with Crippen molar-refractivity contribution in [3.63, 3.8) is 0 Å². The van der Waals surface area contributed by atoms with E-state index in [9.17, 15) is 9.59 Å². The molecule has 0 bridgehead atoms. The topological polar surface area (TPSA) is 71.5 Å². The van der Waals surface area contributed by atoms with Gasteiger partial charge in [-0.25, -0.2) is 4.79 Å². The van der Waals surface area contributed by atoms with Crippen LogP contribution in [-0.2, 0) is 29.0 Å². The minimum atomic E-state index is -0.965. The van der Waals surface area contributed by atoms with Crippen molar-refractivity contribution in [1.82, 2.24) is 9.88 Å². The maximum absolute atomic E-state index is 13.6. The van der Waals surface area contributed by atoms with Crippen LogP contribution in [0.25, 0.3) is 10.9 Å². The van der Waals surface area contributed by atoms with Crippen LogP contribution >= 0.6 is 15.9 Å². The molecule has 182 valence electrons. The van der Waals surface area contributed by atoms with Gasteiger partial charge in [-0.05, 0) is 42.8 Å². The van der Waals surface area contributed by atoms with Gasteiger partial charge in [0.1, 0.15) is 0 Å². The lowest BCUT2D eigenvalue weighted by atomic mass is 9.95. The van der Waals surface area contributed by atoms with E-state index >= 15 is 0 Å². The highest BCUT2D eigenvalue weighted by molar-refractivity contribution is 9.10. The van der Waals surface area contributed by atoms with Crippen LogP contribution in [0.5, 0.6) is 0 Å². The number of amides is 1. The third-order valence-corrected chi connectivity index (χ3v) is 6.87. The first-order valence-corrected chi connectivity index (χ1v) is 12.7. The first-order chi connectivity index (χ1) is 17.5. The largest absolute Gasteiger partial charge is 0.449 e. The number of nitrogens with zero attached hydrogens (tertiary/aromatic N) is 2. The van der Waals surface area contributed by atoms with E-state index in [1.54, 1.807) is 19.1 Å². The molecule has 4 aromatic rings. The maximum Gasteiger partial charge on any atom is 0.339 e. The Morgan fingerprint density at radius 2 is 1.75 bits per heavy atom. The average Bonchev–Trinajstić information content (AvgIpc) is 2.89. The number of para-hydroxylation sites is 1. The van der Waals surface area contributed by atoms with Crippen molar-refractivity contribution in [2.45, 2.75) is 32.5 Å². The Kier molecular flexibility index (Phi) is 7.11. The van der Waals surface area contributed by atoms with E-state index in [1.807, 2.05) is 54.6 Å².